The van der Waals surface area contributed by atoms with E-state index in [2.05, 4.69) is 5.32 Å². The summed E-state index contributed by atoms with van der Waals surface area (Å²) in [6, 6.07) is 2.81. The minimum atomic E-state index is -1.54. The summed E-state index contributed by atoms with van der Waals surface area (Å²) in [7, 11) is -1.54. The standard InChI is InChI=1S/C17H23BN2O7/c21-15-10(5-6-18(25)26)3-4-13(14(15)17(23)24)27-11-8-20(9-11)16(22)12-2-1-7-19-12/h3-4,11-12,19,21,25-26H,1-2,5-9H2,(H,23,24)/t12-/m1/s1. The van der Waals surface area contributed by atoms with Crippen LogP contribution in [-0.4, -0.2) is 75.9 Å². The summed E-state index contributed by atoms with van der Waals surface area (Å²) in [5, 5.41) is 40.7. The van der Waals surface area contributed by atoms with Gasteiger partial charge in [-0.05, 0) is 43.8 Å². The number of nitrogens with zero attached hydrogens (tertiary/aromatic N) is 1. The Morgan fingerprint density at radius 1 is 1.30 bits per heavy atom. The van der Waals surface area contributed by atoms with Crippen LogP contribution in [0.4, 0.5) is 0 Å². The first-order valence-electron chi connectivity index (χ1n) is 9.00. The number of ether oxygens (including phenoxy) is 1. The van der Waals surface area contributed by atoms with E-state index in [-0.39, 0.29) is 42.1 Å². The predicted molar refractivity (Wildman–Crippen MR) is 95.8 cm³/mol. The molecule has 3 rings (SSSR count). The molecule has 0 spiro atoms. The van der Waals surface area contributed by atoms with Crippen LogP contribution in [0.15, 0.2) is 12.1 Å². The van der Waals surface area contributed by atoms with Crippen molar-refractivity contribution in [3.05, 3.63) is 23.3 Å². The third kappa shape index (κ3) is 4.34. The van der Waals surface area contributed by atoms with Crippen molar-refractivity contribution in [1.29, 1.82) is 0 Å². The number of carbonyl (C=O) groups is 2. The molecule has 0 aliphatic carbocycles. The topological polar surface area (TPSA) is 140 Å². The smallest absolute Gasteiger partial charge is 0.451 e. The molecule has 2 saturated heterocycles. The van der Waals surface area contributed by atoms with Crippen LogP contribution in [0.25, 0.3) is 0 Å². The molecule has 2 aliphatic heterocycles. The van der Waals surface area contributed by atoms with Crippen molar-refractivity contribution in [3.63, 3.8) is 0 Å². The van der Waals surface area contributed by atoms with E-state index in [9.17, 15) is 19.8 Å². The number of nitrogens with one attached hydrogen (secondary N) is 1. The van der Waals surface area contributed by atoms with Gasteiger partial charge in [-0.1, -0.05) is 6.07 Å². The number of benzene rings is 1. The highest BCUT2D eigenvalue weighted by Gasteiger charge is 2.37. The fourth-order valence-electron chi connectivity index (χ4n) is 3.39. The van der Waals surface area contributed by atoms with E-state index in [1.165, 1.54) is 12.1 Å². The van der Waals surface area contributed by atoms with E-state index < -0.39 is 18.8 Å². The number of hydrogen-bond donors (Lipinski definition) is 5. The quantitative estimate of drug-likeness (QED) is 0.398. The number of rotatable bonds is 7. The first kappa shape index (κ1) is 19.5. The summed E-state index contributed by atoms with van der Waals surface area (Å²) >= 11 is 0. The lowest BCUT2D eigenvalue weighted by Gasteiger charge is -2.40. The van der Waals surface area contributed by atoms with Crippen molar-refractivity contribution in [1.82, 2.24) is 10.2 Å². The third-order valence-electron chi connectivity index (χ3n) is 4.92. The zero-order valence-electron chi connectivity index (χ0n) is 14.8. The maximum absolute atomic E-state index is 12.3. The van der Waals surface area contributed by atoms with Crippen molar-refractivity contribution >= 4 is 19.0 Å². The SMILES string of the molecule is O=C(O)c1c(OC2CN(C(=O)[C@H]3CCCN3)C2)ccc(CCB(O)O)c1O. The zero-order chi connectivity index (χ0) is 19.6. The van der Waals surface area contributed by atoms with Crippen LogP contribution in [0.3, 0.4) is 0 Å². The van der Waals surface area contributed by atoms with Gasteiger partial charge in [0.05, 0.1) is 19.1 Å². The van der Waals surface area contributed by atoms with Crippen LogP contribution in [-0.2, 0) is 11.2 Å². The monoisotopic (exact) mass is 378 g/mol. The Morgan fingerprint density at radius 2 is 2.04 bits per heavy atom. The highest BCUT2D eigenvalue weighted by atomic mass is 16.5. The summed E-state index contributed by atoms with van der Waals surface area (Å²) in [5.41, 5.74) is -0.0623. The van der Waals surface area contributed by atoms with E-state index in [1.807, 2.05) is 0 Å². The predicted octanol–water partition coefficient (Wildman–Crippen LogP) is -0.553. The average molecular weight is 378 g/mol. The molecule has 27 heavy (non-hydrogen) atoms. The van der Waals surface area contributed by atoms with Gasteiger partial charge in [-0.25, -0.2) is 4.79 Å². The molecule has 1 amide bonds. The van der Waals surface area contributed by atoms with Gasteiger partial charge in [0.1, 0.15) is 23.2 Å². The molecule has 9 nitrogen and oxygen atoms in total. The van der Waals surface area contributed by atoms with Crippen LogP contribution in [0.2, 0.25) is 6.32 Å². The molecule has 1 atom stereocenters. The normalized spacial score (nSPS) is 19.6. The van der Waals surface area contributed by atoms with Crippen molar-refractivity contribution < 1.29 is 34.6 Å². The first-order valence-corrected chi connectivity index (χ1v) is 9.00. The van der Waals surface area contributed by atoms with Crippen molar-refractivity contribution in [2.45, 2.75) is 37.7 Å². The Bertz CT molecular complexity index is 715. The van der Waals surface area contributed by atoms with Gasteiger partial charge in [0.2, 0.25) is 5.91 Å². The Labute approximate surface area is 156 Å². The van der Waals surface area contributed by atoms with E-state index in [0.717, 1.165) is 19.4 Å². The van der Waals surface area contributed by atoms with E-state index >= 15 is 0 Å². The van der Waals surface area contributed by atoms with Crippen LogP contribution in [0, 0.1) is 0 Å². The lowest BCUT2D eigenvalue weighted by atomic mass is 9.82. The second-order valence-corrected chi connectivity index (χ2v) is 6.90. The summed E-state index contributed by atoms with van der Waals surface area (Å²) in [5.74, 6) is -1.71. The number of aromatic hydroxyl groups is 1. The Balaban J connectivity index is 1.64. The molecule has 146 valence electrons. The lowest BCUT2D eigenvalue weighted by Crippen LogP contribution is -2.59. The number of amides is 1. The Morgan fingerprint density at radius 3 is 2.63 bits per heavy atom. The molecule has 0 saturated carbocycles. The van der Waals surface area contributed by atoms with Gasteiger partial charge in [-0.15, -0.1) is 0 Å². The molecule has 0 aromatic heterocycles. The summed E-state index contributed by atoms with van der Waals surface area (Å²) in [6.07, 6.45) is 1.55. The fraction of sp³-hybridized carbons (Fsp3) is 0.529. The van der Waals surface area contributed by atoms with Gasteiger partial charge in [0.25, 0.3) is 0 Å². The second-order valence-electron chi connectivity index (χ2n) is 6.90. The molecular formula is C17H23BN2O7. The zero-order valence-corrected chi connectivity index (χ0v) is 14.8. The fourth-order valence-corrected chi connectivity index (χ4v) is 3.39. The molecule has 10 heteroatoms. The third-order valence-corrected chi connectivity index (χ3v) is 4.92. The van der Waals surface area contributed by atoms with Crippen LogP contribution in [0.1, 0.15) is 28.8 Å². The average Bonchev–Trinajstić information content (AvgIpc) is 3.10. The molecule has 1 aromatic rings. The van der Waals surface area contributed by atoms with Gasteiger partial charge in [0, 0.05) is 0 Å². The number of carbonyl (C=O) groups excluding carboxylic acids is 1. The van der Waals surface area contributed by atoms with Crippen molar-refractivity contribution in [2.24, 2.45) is 0 Å². The number of phenols is 1. The maximum atomic E-state index is 12.3. The summed E-state index contributed by atoms with van der Waals surface area (Å²) < 4.78 is 5.69. The van der Waals surface area contributed by atoms with Gasteiger partial charge in [-0.2, -0.15) is 0 Å². The molecule has 1 aromatic carbocycles. The number of hydrogen-bond acceptors (Lipinski definition) is 7. The summed E-state index contributed by atoms with van der Waals surface area (Å²) in [4.78, 5) is 25.5. The van der Waals surface area contributed by atoms with Crippen molar-refractivity contribution in [3.8, 4) is 11.5 Å². The highest BCUT2D eigenvalue weighted by molar-refractivity contribution is 6.41. The van der Waals surface area contributed by atoms with Gasteiger partial charge in [0.15, 0.2) is 0 Å². The number of likely N-dealkylation sites (tertiary alicyclic amines) is 1. The number of aryl methyl sites for hydroxylation is 1. The number of aromatic carboxylic acids is 1. The van der Waals surface area contributed by atoms with Crippen LogP contribution in [0.5, 0.6) is 11.5 Å². The number of carboxylic acid groups (broad SMARTS) is 1. The Kier molecular flexibility index (Phi) is 5.88. The van der Waals surface area contributed by atoms with Crippen LogP contribution >= 0.6 is 0 Å². The molecule has 2 fully saturated rings. The van der Waals surface area contributed by atoms with E-state index in [1.54, 1.807) is 4.90 Å². The molecule has 0 radical (unpaired) electrons. The van der Waals surface area contributed by atoms with E-state index in [4.69, 9.17) is 14.8 Å². The number of carboxylic acids is 1. The maximum Gasteiger partial charge on any atom is 0.451 e. The largest absolute Gasteiger partial charge is 0.507 e. The second kappa shape index (κ2) is 8.16. The minimum Gasteiger partial charge on any atom is -0.507 e. The van der Waals surface area contributed by atoms with Crippen LogP contribution < -0.4 is 10.1 Å². The minimum absolute atomic E-state index is 0.0261. The van der Waals surface area contributed by atoms with Gasteiger partial charge in [-0.3, -0.25) is 4.79 Å². The van der Waals surface area contributed by atoms with Gasteiger partial charge < -0.3 is 35.2 Å². The lowest BCUT2D eigenvalue weighted by molar-refractivity contribution is -0.141. The van der Waals surface area contributed by atoms with Crippen molar-refractivity contribution in [2.75, 3.05) is 19.6 Å². The molecule has 2 heterocycles. The Hall–Kier alpha value is -2.30. The first-order chi connectivity index (χ1) is 12.9. The molecule has 0 unspecified atom stereocenters. The highest BCUT2D eigenvalue weighted by Crippen LogP contribution is 2.34. The molecular weight excluding hydrogens is 355 g/mol. The molecule has 5 N–H and O–H groups in total. The molecule has 0 bridgehead atoms. The summed E-state index contributed by atoms with van der Waals surface area (Å²) in [6.45, 7) is 1.58. The van der Waals surface area contributed by atoms with Gasteiger partial charge >= 0.3 is 13.1 Å². The van der Waals surface area contributed by atoms with E-state index in [0.29, 0.717) is 18.7 Å². The molecule has 2 aliphatic rings.